The van der Waals surface area contributed by atoms with E-state index in [0.717, 1.165) is 10.4 Å². The SMILES string of the molecule is C[C@@H](CC1C=CC=CC1)[N+](C)(C)CCCc1ccccc1. The van der Waals surface area contributed by atoms with Crippen LogP contribution in [0.3, 0.4) is 0 Å². The number of aryl methyl sites for hydroxylation is 1. The van der Waals surface area contributed by atoms with Crippen LogP contribution in [0.4, 0.5) is 0 Å². The predicted octanol–water partition coefficient (Wildman–Crippen LogP) is 4.61. The van der Waals surface area contributed by atoms with Gasteiger partial charge in [-0.3, -0.25) is 0 Å². The maximum absolute atomic E-state index is 2.41. The molecule has 0 bridgehead atoms. The van der Waals surface area contributed by atoms with E-state index in [1.54, 1.807) is 0 Å². The molecule has 0 fully saturated rings. The Morgan fingerprint density at radius 1 is 1.14 bits per heavy atom. The lowest BCUT2D eigenvalue weighted by Crippen LogP contribution is -2.48. The van der Waals surface area contributed by atoms with Gasteiger partial charge in [0.05, 0.1) is 26.7 Å². The van der Waals surface area contributed by atoms with Gasteiger partial charge in [0, 0.05) is 12.8 Å². The maximum atomic E-state index is 2.41. The molecule has 0 radical (unpaired) electrons. The summed E-state index contributed by atoms with van der Waals surface area (Å²) in [5.41, 5.74) is 1.46. The molecule has 0 aliphatic heterocycles. The van der Waals surface area contributed by atoms with Crippen molar-refractivity contribution in [3.8, 4) is 0 Å². The van der Waals surface area contributed by atoms with Gasteiger partial charge in [0.1, 0.15) is 0 Å². The first-order valence-electron chi connectivity index (χ1n) is 8.28. The molecule has 0 saturated carbocycles. The first-order chi connectivity index (χ1) is 10.1. The number of benzene rings is 1. The lowest BCUT2D eigenvalue weighted by molar-refractivity contribution is -0.914. The number of rotatable bonds is 7. The van der Waals surface area contributed by atoms with E-state index in [9.17, 15) is 0 Å². The van der Waals surface area contributed by atoms with Gasteiger partial charge < -0.3 is 4.48 Å². The van der Waals surface area contributed by atoms with Crippen molar-refractivity contribution in [2.75, 3.05) is 20.6 Å². The van der Waals surface area contributed by atoms with E-state index in [1.807, 2.05) is 0 Å². The molecular formula is C20H30N+. The zero-order valence-electron chi connectivity index (χ0n) is 13.8. The molecule has 0 spiro atoms. The van der Waals surface area contributed by atoms with Gasteiger partial charge in [0.25, 0.3) is 0 Å². The van der Waals surface area contributed by atoms with Crippen LogP contribution in [0, 0.1) is 5.92 Å². The molecular weight excluding hydrogens is 254 g/mol. The number of nitrogens with zero attached hydrogens (tertiary/aromatic N) is 1. The number of hydrogen-bond donors (Lipinski definition) is 0. The summed E-state index contributed by atoms with van der Waals surface area (Å²) in [6.07, 6.45) is 14.0. The topological polar surface area (TPSA) is 0 Å². The summed E-state index contributed by atoms with van der Waals surface area (Å²) < 4.78 is 1.13. The van der Waals surface area contributed by atoms with Gasteiger partial charge in [-0.1, -0.05) is 54.6 Å². The normalized spacial score (nSPS) is 19.7. The average Bonchev–Trinajstić information content (AvgIpc) is 2.49. The van der Waals surface area contributed by atoms with Crippen LogP contribution in [0.1, 0.15) is 31.7 Å². The summed E-state index contributed by atoms with van der Waals surface area (Å²) in [5, 5.41) is 0. The van der Waals surface area contributed by atoms with E-state index in [-0.39, 0.29) is 0 Å². The molecule has 2 rings (SSSR count). The van der Waals surface area contributed by atoms with E-state index in [0.29, 0.717) is 6.04 Å². The zero-order chi connectivity index (χ0) is 15.1. The van der Waals surface area contributed by atoms with E-state index >= 15 is 0 Å². The molecule has 0 aromatic heterocycles. The van der Waals surface area contributed by atoms with E-state index in [2.05, 4.69) is 75.7 Å². The Hall–Kier alpha value is -1.34. The zero-order valence-corrected chi connectivity index (χ0v) is 13.8. The van der Waals surface area contributed by atoms with Gasteiger partial charge in [0.15, 0.2) is 0 Å². The highest BCUT2D eigenvalue weighted by Crippen LogP contribution is 2.22. The van der Waals surface area contributed by atoms with Crippen LogP contribution in [-0.2, 0) is 6.42 Å². The monoisotopic (exact) mass is 284 g/mol. The largest absolute Gasteiger partial charge is 0.326 e. The van der Waals surface area contributed by atoms with Crippen molar-refractivity contribution in [2.24, 2.45) is 5.92 Å². The molecule has 1 aromatic carbocycles. The second kappa shape index (κ2) is 7.61. The quantitative estimate of drug-likeness (QED) is 0.642. The molecule has 0 saturated heterocycles. The van der Waals surface area contributed by atoms with Crippen molar-refractivity contribution in [1.29, 1.82) is 0 Å². The molecule has 1 unspecified atom stereocenters. The second-order valence-electron chi connectivity index (χ2n) is 6.98. The summed E-state index contributed by atoms with van der Waals surface area (Å²) in [7, 11) is 4.77. The highest BCUT2D eigenvalue weighted by molar-refractivity contribution is 5.14. The summed E-state index contributed by atoms with van der Waals surface area (Å²) in [5.74, 6) is 0.733. The predicted molar refractivity (Wildman–Crippen MR) is 92.2 cm³/mol. The van der Waals surface area contributed by atoms with Crippen molar-refractivity contribution < 1.29 is 4.48 Å². The van der Waals surface area contributed by atoms with Gasteiger partial charge in [0.2, 0.25) is 0 Å². The Labute approximate surface area is 130 Å². The highest BCUT2D eigenvalue weighted by atomic mass is 15.3. The lowest BCUT2D eigenvalue weighted by atomic mass is 9.92. The van der Waals surface area contributed by atoms with Gasteiger partial charge in [-0.25, -0.2) is 0 Å². The van der Waals surface area contributed by atoms with Crippen molar-refractivity contribution in [3.63, 3.8) is 0 Å². The fourth-order valence-corrected chi connectivity index (χ4v) is 3.09. The van der Waals surface area contributed by atoms with Gasteiger partial charge in [-0.15, -0.1) is 0 Å². The van der Waals surface area contributed by atoms with Gasteiger partial charge in [-0.2, -0.15) is 0 Å². The minimum atomic E-state index is 0.710. The van der Waals surface area contributed by atoms with Crippen LogP contribution in [0.5, 0.6) is 0 Å². The Bertz CT molecular complexity index is 470. The van der Waals surface area contributed by atoms with Crippen LogP contribution in [-0.4, -0.2) is 31.2 Å². The van der Waals surface area contributed by atoms with Crippen molar-refractivity contribution in [3.05, 3.63) is 60.2 Å². The summed E-state index contributed by atoms with van der Waals surface area (Å²) in [4.78, 5) is 0. The van der Waals surface area contributed by atoms with E-state index in [1.165, 1.54) is 37.8 Å². The van der Waals surface area contributed by atoms with Gasteiger partial charge in [-0.05, 0) is 31.2 Å². The molecule has 1 nitrogen and oxygen atoms in total. The number of allylic oxidation sites excluding steroid dienone is 4. The molecule has 0 heterocycles. The van der Waals surface area contributed by atoms with Crippen LogP contribution >= 0.6 is 0 Å². The first kappa shape index (κ1) is 16.0. The van der Waals surface area contributed by atoms with Crippen LogP contribution < -0.4 is 0 Å². The van der Waals surface area contributed by atoms with Crippen molar-refractivity contribution >= 4 is 0 Å². The van der Waals surface area contributed by atoms with Gasteiger partial charge >= 0.3 is 0 Å². The molecule has 1 aliphatic rings. The molecule has 1 aliphatic carbocycles. The Balaban J connectivity index is 1.77. The second-order valence-corrected chi connectivity index (χ2v) is 6.98. The summed E-state index contributed by atoms with van der Waals surface area (Å²) in [6, 6.07) is 11.6. The molecule has 114 valence electrons. The van der Waals surface area contributed by atoms with Crippen LogP contribution in [0.25, 0.3) is 0 Å². The summed E-state index contributed by atoms with van der Waals surface area (Å²) >= 11 is 0. The third kappa shape index (κ3) is 5.17. The van der Waals surface area contributed by atoms with E-state index in [4.69, 9.17) is 0 Å². The maximum Gasteiger partial charge on any atom is 0.0863 e. The third-order valence-electron chi connectivity index (χ3n) is 4.95. The Kier molecular flexibility index (Phi) is 5.81. The fourth-order valence-electron chi connectivity index (χ4n) is 3.09. The molecule has 1 heteroatoms. The number of hydrogen-bond acceptors (Lipinski definition) is 0. The summed E-state index contributed by atoms with van der Waals surface area (Å²) in [6.45, 7) is 3.66. The lowest BCUT2D eigenvalue weighted by Gasteiger charge is -2.37. The fraction of sp³-hybridized carbons (Fsp3) is 0.500. The minimum Gasteiger partial charge on any atom is -0.326 e. The first-order valence-corrected chi connectivity index (χ1v) is 8.28. The van der Waals surface area contributed by atoms with Crippen molar-refractivity contribution in [2.45, 2.75) is 38.6 Å². The van der Waals surface area contributed by atoms with Crippen LogP contribution in [0.15, 0.2) is 54.6 Å². The average molecular weight is 284 g/mol. The van der Waals surface area contributed by atoms with Crippen LogP contribution in [0.2, 0.25) is 0 Å². The smallest absolute Gasteiger partial charge is 0.0863 e. The third-order valence-corrected chi connectivity index (χ3v) is 4.95. The standard InChI is InChI=1S/C20H30N/c1-18(17-20-13-8-5-9-14-20)21(2,3)16-10-15-19-11-6-4-7-12-19/h4-9,11-13,18,20H,10,14-17H2,1-3H3/q+1/t18-,20?/m0/s1. The minimum absolute atomic E-state index is 0.710. The Morgan fingerprint density at radius 3 is 2.57 bits per heavy atom. The highest BCUT2D eigenvalue weighted by Gasteiger charge is 2.25. The molecule has 2 atom stereocenters. The molecule has 0 N–H and O–H groups in total. The molecule has 21 heavy (non-hydrogen) atoms. The molecule has 1 aromatic rings. The Morgan fingerprint density at radius 2 is 1.90 bits per heavy atom. The van der Waals surface area contributed by atoms with Crippen molar-refractivity contribution in [1.82, 2.24) is 0 Å². The van der Waals surface area contributed by atoms with E-state index < -0.39 is 0 Å². The molecule has 0 amide bonds. The number of quaternary nitrogens is 1.